The number of rotatable bonds is 3. The maximum atomic E-state index is 4.31. The summed E-state index contributed by atoms with van der Waals surface area (Å²) in [5.74, 6) is 1.26. The Balaban J connectivity index is 1.86. The van der Waals surface area contributed by atoms with Crippen LogP contribution in [-0.2, 0) is 0 Å². The molecule has 0 amide bonds. The highest BCUT2D eigenvalue weighted by Crippen LogP contribution is 2.29. The summed E-state index contributed by atoms with van der Waals surface area (Å²) in [7, 11) is 0. The normalized spacial score (nSPS) is 15.3. The minimum atomic E-state index is 0.598. The molecule has 0 atom stereocenters. The third kappa shape index (κ3) is 2.76. The molecule has 3 heterocycles. The molecule has 0 spiro atoms. The predicted molar refractivity (Wildman–Crippen MR) is 74.1 cm³/mol. The van der Waals surface area contributed by atoms with E-state index in [0.29, 0.717) is 11.6 Å². The Morgan fingerprint density at radius 1 is 0.895 bits per heavy atom. The van der Waals surface area contributed by atoms with Crippen molar-refractivity contribution in [1.29, 1.82) is 0 Å². The van der Waals surface area contributed by atoms with E-state index in [1.54, 1.807) is 12.4 Å². The highest BCUT2D eigenvalue weighted by atomic mass is 15.2. The van der Waals surface area contributed by atoms with E-state index < -0.39 is 0 Å². The lowest BCUT2D eigenvalue weighted by Gasteiger charge is -2.17. The second kappa shape index (κ2) is 5.56. The first-order valence-electron chi connectivity index (χ1n) is 6.46. The van der Waals surface area contributed by atoms with E-state index >= 15 is 0 Å². The summed E-state index contributed by atoms with van der Waals surface area (Å²) in [5, 5.41) is 8.36. The van der Waals surface area contributed by atoms with Gasteiger partial charge in [0.15, 0.2) is 11.6 Å². The second-order valence-corrected chi connectivity index (χ2v) is 4.43. The minimum Gasteiger partial charge on any atom is -0.368 e. The lowest BCUT2D eigenvalue weighted by atomic mass is 10.3. The third-order valence-corrected chi connectivity index (χ3v) is 3.11. The molecular formula is C14H15N5. The lowest BCUT2D eigenvalue weighted by molar-refractivity contribution is 0.949. The van der Waals surface area contributed by atoms with Gasteiger partial charge in [-0.25, -0.2) is 9.97 Å². The van der Waals surface area contributed by atoms with Gasteiger partial charge in [-0.3, -0.25) is 0 Å². The lowest BCUT2D eigenvalue weighted by Crippen LogP contribution is -2.17. The molecule has 19 heavy (non-hydrogen) atoms. The smallest absolute Gasteiger partial charge is 0.198 e. The van der Waals surface area contributed by atoms with Crippen LogP contribution < -0.4 is 4.90 Å². The van der Waals surface area contributed by atoms with E-state index in [4.69, 9.17) is 0 Å². The molecule has 0 N–H and O–H groups in total. The first-order valence-corrected chi connectivity index (χ1v) is 6.46. The van der Waals surface area contributed by atoms with E-state index in [9.17, 15) is 0 Å². The van der Waals surface area contributed by atoms with Gasteiger partial charge in [0.05, 0.1) is 5.69 Å². The van der Waals surface area contributed by atoms with Crippen LogP contribution in [0.1, 0.15) is 12.8 Å². The number of hydrogen-bond donors (Lipinski definition) is 0. The van der Waals surface area contributed by atoms with Crippen LogP contribution in [0.15, 0.2) is 53.0 Å². The van der Waals surface area contributed by atoms with E-state index in [2.05, 4.69) is 25.1 Å². The van der Waals surface area contributed by atoms with Crippen molar-refractivity contribution >= 4 is 17.3 Å². The number of anilines is 1. The number of pyridine rings is 2. The largest absolute Gasteiger partial charge is 0.368 e. The van der Waals surface area contributed by atoms with Gasteiger partial charge in [0, 0.05) is 25.5 Å². The van der Waals surface area contributed by atoms with Crippen LogP contribution in [0.3, 0.4) is 0 Å². The molecule has 3 rings (SSSR count). The van der Waals surface area contributed by atoms with Crippen molar-refractivity contribution in [2.24, 2.45) is 10.2 Å². The summed E-state index contributed by atoms with van der Waals surface area (Å²) in [6.07, 6.45) is 5.90. The maximum Gasteiger partial charge on any atom is 0.198 e. The molecular weight excluding hydrogens is 238 g/mol. The Morgan fingerprint density at radius 3 is 2.53 bits per heavy atom. The topological polar surface area (TPSA) is 53.7 Å². The average molecular weight is 253 g/mol. The average Bonchev–Trinajstić information content (AvgIpc) is 3.01. The molecule has 1 aliphatic heterocycles. The molecule has 5 nitrogen and oxygen atoms in total. The molecule has 0 unspecified atom stereocenters. The van der Waals surface area contributed by atoms with Gasteiger partial charge < -0.3 is 4.90 Å². The van der Waals surface area contributed by atoms with Crippen LogP contribution >= 0.6 is 0 Å². The molecule has 0 bridgehead atoms. The van der Waals surface area contributed by atoms with Crippen molar-refractivity contribution in [2.75, 3.05) is 18.0 Å². The van der Waals surface area contributed by atoms with Crippen molar-refractivity contribution in [3.8, 4) is 0 Å². The molecule has 2 aromatic rings. The van der Waals surface area contributed by atoms with E-state index in [-0.39, 0.29) is 0 Å². The Hall–Kier alpha value is -2.30. The molecule has 1 saturated heterocycles. The highest BCUT2D eigenvalue weighted by molar-refractivity contribution is 5.62. The third-order valence-electron chi connectivity index (χ3n) is 3.11. The van der Waals surface area contributed by atoms with Crippen molar-refractivity contribution < 1.29 is 0 Å². The fourth-order valence-corrected chi connectivity index (χ4v) is 2.18. The summed E-state index contributed by atoms with van der Waals surface area (Å²) in [6.45, 7) is 2.13. The van der Waals surface area contributed by atoms with E-state index in [1.165, 1.54) is 12.8 Å². The van der Waals surface area contributed by atoms with Gasteiger partial charge in [-0.1, -0.05) is 6.07 Å². The summed E-state index contributed by atoms with van der Waals surface area (Å²) in [5.41, 5.74) is 1.06. The van der Waals surface area contributed by atoms with Gasteiger partial charge in [-0.2, -0.15) is 0 Å². The fraction of sp³-hybridized carbons (Fsp3) is 0.286. The number of aromatic nitrogens is 2. The molecule has 5 heteroatoms. The molecule has 96 valence electrons. The molecule has 0 aromatic carbocycles. The summed E-state index contributed by atoms with van der Waals surface area (Å²) in [4.78, 5) is 10.7. The first kappa shape index (κ1) is 11.8. The van der Waals surface area contributed by atoms with Crippen LogP contribution in [0, 0.1) is 0 Å². The van der Waals surface area contributed by atoms with Crippen LogP contribution in [0.5, 0.6) is 0 Å². The minimum absolute atomic E-state index is 0.598. The van der Waals surface area contributed by atoms with Crippen molar-refractivity contribution in [3.63, 3.8) is 0 Å². The Labute approximate surface area is 112 Å². The molecule has 1 fully saturated rings. The van der Waals surface area contributed by atoms with E-state index in [0.717, 1.165) is 18.8 Å². The monoisotopic (exact) mass is 253 g/mol. The van der Waals surface area contributed by atoms with Crippen LogP contribution in [0.2, 0.25) is 0 Å². The van der Waals surface area contributed by atoms with Gasteiger partial charge in [0.1, 0.15) is 0 Å². The summed E-state index contributed by atoms with van der Waals surface area (Å²) in [6, 6.07) is 9.55. The SMILES string of the molecule is c1ccc(N=Nc2ncccc2N2CCCC2)nc1. The van der Waals surface area contributed by atoms with Gasteiger partial charge in [-0.05, 0) is 37.1 Å². The quantitative estimate of drug-likeness (QED) is 0.787. The molecule has 0 radical (unpaired) electrons. The zero-order valence-electron chi connectivity index (χ0n) is 10.6. The van der Waals surface area contributed by atoms with Crippen LogP contribution in [0.4, 0.5) is 17.3 Å². The molecule has 0 saturated carbocycles. The standard InChI is InChI=1S/C14H15N5/c1-2-8-15-13(7-1)17-18-14-12(6-5-9-16-14)19-10-3-4-11-19/h1-2,5-9H,3-4,10-11H2. The van der Waals surface area contributed by atoms with Crippen molar-refractivity contribution in [1.82, 2.24) is 9.97 Å². The van der Waals surface area contributed by atoms with Gasteiger partial charge in [-0.15, -0.1) is 10.2 Å². The van der Waals surface area contributed by atoms with Crippen molar-refractivity contribution in [3.05, 3.63) is 42.7 Å². The number of azo groups is 1. The first-order chi connectivity index (χ1) is 9.43. The Bertz CT molecular complexity index is 561. The Morgan fingerprint density at radius 2 is 1.74 bits per heavy atom. The summed E-state index contributed by atoms with van der Waals surface area (Å²) >= 11 is 0. The number of hydrogen-bond acceptors (Lipinski definition) is 5. The highest BCUT2D eigenvalue weighted by Gasteiger charge is 2.15. The molecule has 2 aromatic heterocycles. The van der Waals surface area contributed by atoms with Crippen molar-refractivity contribution in [2.45, 2.75) is 12.8 Å². The fourth-order valence-electron chi connectivity index (χ4n) is 2.18. The van der Waals surface area contributed by atoms with E-state index in [1.807, 2.05) is 30.3 Å². The summed E-state index contributed by atoms with van der Waals surface area (Å²) < 4.78 is 0. The zero-order chi connectivity index (χ0) is 12.9. The van der Waals surface area contributed by atoms with Gasteiger partial charge in [0.25, 0.3) is 0 Å². The molecule has 0 aliphatic carbocycles. The predicted octanol–water partition coefficient (Wildman–Crippen LogP) is 3.49. The van der Waals surface area contributed by atoms with Gasteiger partial charge >= 0.3 is 0 Å². The zero-order valence-corrected chi connectivity index (χ0v) is 10.6. The number of nitrogens with zero attached hydrogens (tertiary/aromatic N) is 5. The Kier molecular flexibility index (Phi) is 3.45. The van der Waals surface area contributed by atoms with Gasteiger partial charge in [0.2, 0.25) is 0 Å². The molecule has 1 aliphatic rings. The maximum absolute atomic E-state index is 4.31. The van der Waals surface area contributed by atoms with Crippen LogP contribution in [0.25, 0.3) is 0 Å². The second-order valence-electron chi connectivity index (χ2n) is 4.43. The van der Waals surface area contributed by atoms with Crippen LogP contribution in [-0.4, -0.2) is 23.1 Å².